The van der Waals surface area contributed by atoms with Gasteiger partial charge >= 0.3 is 0 Å². The topological polar surface area (TPSA) is 66.4 Å². The summed E-state index contributed by atoms with van der Waals surface area (Å²) in [5, 5.41) is 3.46. The lowest BCUT2D eigenvalue weighted by atomic mass is 10.1. The van der Waals surface area contributed by atoms with E-state index in [9.17, 15) is 4.79 Å². The highest BCUT2D eigenvalue weighted by Crippen LogP contribution is 2.21. The number of morpholine rings is 1. The molecule has 4 rings (SSSR count). The van der Waals surface area contributed by atoms with Crippen LogP contribution in [0.5, 0.6) is 0 Å². The number of nitrogens with one attached hydrogen (secondary N) is 1. The summed E-state index contributed by atoms with van der Waals surface area (Å²) in [7, 11) is 1.82. The van der Waals surface area contributed by atoms with E-state index in [2.05, 4.69) is 15.2 Å². The Morgan fingerprint density at radius 3 is 2.42 bits per heavy atom. The van der Waals surface area contributed by atoms with Crippen LogP contribution in [0, 0.1) is 0 Å². The summed E-state index contributed by atoms with van der Waals surface area (Å²) in [6.07, 6.45) is 5.97. The molecule has 1 aromatic carbocycles. The van der Waals surface area contributed by atoms with E-state index in [1.807, 2.05) is 36.2 Å². The van der Waals surface area contributed by atoms with E-state index in [1.54, 1.807) is 0 Å². The SMILES string of the molecule is CN=C(NCc1ccc(C(=O)N2CCCCC2)cc1)N1CCOC(C2CCCO2)C1.I. The number of guanidine groups is 1. The van der Waals surface area contributed by atoms with Gasteiger partial charge in [-0.25, -0.2) is 0 Å². The molecule has 0 spiro atoms. The molecule has 0 saturated carbocycles. The smallest absolute Gasteiger partial charge is 0.253 e. The van der Waals surface area contributed by atoms with Crippen molar-refractivity contribution in [3.63, 3.8) is 0 Å². The number of likely N-dealkylation sites (tertiary alicyclic amines) is 1. The van der Waals surface area contributed by atoms with Gasteiger partial charge in [-0.3, -0.25) is 9.79 Å². The minimum Gasteiger partial charge on any atom is -0.375 e. The van der Waals surface area contributed by atoms with E-state index in [0.717, 1.165) is 75.6 Å². The van der Waals surface area contributed by atoms with Crippen molar-refractivity contribution < 1.29 is 14.3 Å². The van der Waals surface area contributed by atoms with E-state index < -0.39 is 0 Å². The summed E-state index contributed by atoms with van der Waals surface area (Å²) in [5.74, 6) is 1.04. The Labute approximate surface area is 202 Å². The maximum absolute atomic E-state index is 12.6. The van der Waals surface area contributed by atoms with Crippen molar-refractivity contribution in [2.24, 2.45) is 4.99 Å². The van der Waals surface area contributed by atoms with Gasteiger partial charge in [-0.1, -0.05) is 12.1 Å². The summed E-state index contributed by atoms with van der Waals surface area (Å²) >= 11 is 0. The molecule has 0 aromatic heterocycles. The van der Waals surface area contributed by atoms with Crippen LogP contribution in [0.2, 0.25) is 0 Å². The van der Waals surface area contributed by atoms with Gasteiger partial charge in [0.1, 0.15) is 6.10 Å². The number of hydrogen-bond acceptors (Lipinski definition) is 4. The Morgan fingerprint density at radius 2 is 1.74 bits per heavy atom. The summed E-state index contributed by atoms with van der Waals surface area (Å²) in [6, 6.07) is 7.95. The van der Waals surface area contributed by atoms with E-state index in [0.29, 0.717) is 13.2 Å². The normalized spacial score (nSPS) is 24.6. The maximum Gasteiger partial charge on any atom is 0.253 e. The molecule has 1 N–H and O–H groups in total. The van der Waals surface area contributed by atoms with Crippen LogP contribution in [-0.2, 0) is 16.0 Å². The van der Waals surface area contributed by atoms with Gasteiger partial charge in [-0.15, -0.1) is 24.0 Å². The summed E-state index contributed by atoms with van der Waals surface area (Å²) in [4.78, 5) is 21.3. The fraction of sp³-hybridized carbons (Fsp3) is 0.652. The third-order valence-corrected chi connectivity index (χ3v) is 6.28. The molecular formula is C23H35IN4O3. The quantitative estimate of drug-likeness (QED) is 0.360. The summed E-state index contributed by atoms with van der Waals surface area (Å²) in [5.41, 5.74) is 1.91. The van der Waals surface area contributed by atoms with Gasteiger partial charge in [-0.05, 0) is 49.8 Å². The minimum absolute atomic E-state index is 0. The van der Waals surface area contributed by atoms with E-state index in [4.69, 9.17) is 9.47 Å². The molecule has 0 radical (unpaired) electrons. The molecule has 3 heterocycles. The zero-order valence-electron chi connectivity index (χ0n) is 18.4. The van der Waals surface area contributed by atoms with E-state index >= 15 is 0 Å². The van der Waals surface area contributed by atoms with Crippen molar-refractivity contribution in [1.82, 2.24) is 15.1 Å². The molecule has 1 aromatic rings. The molecule has 0 bridgehead atoms. The molecule has 3 aliphatic rings. The van der Waals surface area contributed by atoms with Gasteiger partial charge in [0, 0.05) is 51.9 Å². The number of hydrogen-bond donors (Lipinski definition) is 1. The fourth-order valence-corrected chi connectivity index (χ4v) is 4.55. The number of amides is 1. The number of nitrogens with zero attached hydrogens (tertiary/aromatic N) is 3. The molecule has 3 saturated heterocycles. The molecule has 0 aliphatic carbocycles. The van der Waals surface area contributed by atoms with Crippen LogP contribution in [-0.4, -0.2) is 80.3 Å². The molecule has 31 heavy (non-hydrogen) atoms. The Kier molecular flexibility index (Phi) is 9.40. The second kappa shape index (κ2) is 12.0. The van der Waals surface area contributed by atoms with Crippen LogP contribution in [0.3, 0.4) is 0 Å². The van der Waals surface area contributed by atoms with Crippen molar-refractivity contribution in [2.75, 3.05) is 46.4 Å². The minimum atomic E-state index is 0. The van der Waals surface area contributed by atoms with Gasteiger partial charge in [0.05, 0.1) is 12.7 Å². The van der Waals surface area contributed by atoms with Crippen LogP contribution in [0.15, 0.2) is 29.3 Å². The Bertz CT molecular complexity index is 731. The first-order chi connectivity index (χ1) is 14.7. The number of ether oxygens (including phenoxy) is 2. The summed E-state index contributed by atoms with van der Waals surface area (Å²) in [6.45, 7) is 5.59. The second-order valence-electron chi connectivity index (χ2n) is 8.36. The lowest BCUT2D eigenvalue weighted by molar-refractivity contribution is -0.0817. The van der Waals surface area contributed by atoms with Gasteiger partial charge in [0.25, 0.3) is 5.91 Å². The highest BCUT2D eigenvalue weighted by Gasteiger charge is 2.32. The Morgan fingerprint density at radius 1 is 1.00 bits per heavy atom. The number of aliphatic imine (C=N–C) groups is 1. The first-order valence-corrected chi connectivity index (χ1v) is 11.3. The predicted molar refractivity (Wildman–Crippen MR) is 132 cm³/mol. The van der Waals surface area contributed by atoms with Crippen LogP contribution in [0.1, 0.15) is 48.0 Å². The van der Waals surface area contributed by atoms with Gasteiger partial charge in [-0.2, -0.15) is 0 Å². The third-order valence-electron chi connectivity index (χ3n) is 6.28. The molecule has 2 atom stereocenters. The van der Waals surface area contributed by atoms with Crippen LogP contribution < -0.4 is 5.32 Å². The monoisotopic (exact) mass is 542 g/mol. The number of benzene rings is 1. The fourth-order valence-electron chi connectivity index (χ4n) is 4.55. The van der Waals surface area contributed by atoms with Crippen molar-refractivity contribution in [3.05, 3.63) is 35.4 Å². The zero-order valence-corrected chi connectivity index (χ0v) is 20.8. The number of carbonyl (C=O) groups excluding carboxylic acids is 1. The number of piperidine rings is 1. The predicted octanol–water partition coefficient (Wildman–Crippen LogP) is 2.89. The number of carbonyl (C=O) groups is 1. The molecule has 1 amide bonds. The molecule has 8 heteroatoms. The Balaban J connectivity index is 0.00000272. The second-order valence-corrected chi connectivity index (χ2v) is 8.36. The number of halogens is 1. The van der Waals surface area contributed by atoms with E-state index in [1.165, 1.54) is 6.42 Å². The maximum atomic E-state index is 12.6. The van der Waals surface area contributed by atoms with Crippen molar-refractivity contribution in [2.45, 2.75) is 50.9 Å². The highest BCUT2D eigenvalue weighted by atomic mass is 127. The number of rotatable bonds is 4. The van der Waals surface area contributed by atoms with Gasteiger partial charge < -0.3 is 24.6 Å². The molecule has 3 fully saturated rings. The van der Waals surface area contributed by atoms with Crippen molar-refractivity contribution >= 4 is 35.8 Å². The van der Waals surface area contributed by atoms with E-state index in [-0.39, 0.29) is 42.1 Å². The molecular weight excluding hydrogens is 507 g/mol. The summed E-state index contributed by atoms with van der Waals surface area (Å²) < 4.78 is 11.8. The molecule has 7 nitrogen and oxygen atoms in total. The largest absolute Gasteiger partial charge is 0.375 e. The molecule has 172 valence electrons. The van der Waals surface area contributed by atoms with Crippen LogP contribution in [0.25, 0.3) is 0 Å². The van der Waals surface area contributed by atoms with Gasteiger partial charge in [0.2, 0.25) is 0 Å². The first kappa shape index (κ1) is 24.3. The average Bonchev–Trinajstić information content (AvgIpc) is 3.35. The lowest BCUT2D eigenvalue weighted by Gasteiger charge is -2.37. The standard InChI is InChI=1S/C23H34N4O3.HI/c1-24-23(27-13-15-30-21(17-27)20-6-5-14-29-20)25-16-18-7-9-19(10-8-18)22(28)26-11-3-2-4-12-26;/h7-10,20-21H,2-6,11-17H2,1H3,(H,24,25);1H. The van der Waals surface area contributed by atoms with Crippen molar-refractivity contribution in [3.8, 4) is 0 Å². The third kappa shape index (κ3) is 6.32. The molecule has 3 aliphatic heterocycles. The average molecular weight is 542 g/mol. The molecule has 2 unspecified atom stereocenters. The highest BCUT2D eigenvalue weighted by molar-refractivity contribution is 14.0. The van der Waals surface area contributed by atoms with Gasteiger partial charge in [0.15, 0.2) is 5.96 Å². The zero-order chi connectivity index (χ0) is 20.8. The van der Waals surface area contributed by atoms with Crippen LogP contribution in [0.4, 0.5) is 0 Å². The lowest BCUT2D eigenvalue weighted by Crippen LogP contribution is -2.53. The first-order valence-electron chi connectivity index (χ1n) is 11.3. The Hall–Kier alpha value is -1.39. The van der Waals surface area contributed by atoms with Crippen LogP contribution >= 0.6 is 24.0 Å². The van der Waals surface area contributed by atoms with Crippen molar-refractivity contribution in [1.29, 1.82) is 0 Å².